The Labute approximate surface area is 120 Å². The third-order valence-electron chi connectivity index (χ3n) is 2.85. The molecule has 1 amide bonds. The molecule has 1 unspecified atom stereocenters. The lowest BCUT2D eigenvalue weighted by molar-refractivity contribution is -0.147. The van der Waals surface area contributed by atoms with Crippen LogP contribution in [-0.4, -0.2) is 42.4 Å². The molecule has 0 bridgehead atoms. The molecule has 1 rings (SSSR count). The average molecular weight is 286 g/mol. The average Bonchev–Trinajstić information content (AvgIpc) is 3.10. The highest BCUT2D eigenvalue weighted by Gasteiger charge is 2.32. The van der Waals surface area contributed by atoms with Crippen LogP contribution in [0.15, 0.2) is 0 Å². The van der Waals surface area contributed by atoms with E-state index in [0.29, 0.717) is 18.9 Å². The highest BCUT2D eigenvalue weighted by Crippen LogP contribution is 2.33. The first-order chi connectivity index (χ1) is 9.23. The summed E-state index contributed by atoms with van der Waals surface area (Å²) in [5.41, 5.74) is 2.31. The summed E-state index contributed by atoms with van der Waals surface area (Å²) in [6.07, 6.45) is 2.44. The Kier molecular flexibility index (Phi) is 5.80. The van der Waals surface area contributed by atoms with Gasteiger partial charge in [-0.15, -0.1) is 0 Å². The van der Waals surface area contributed by atoms with E-state index >= 15 is 0 Å². The summed E-state index contributed by atoms with van der Waals surface area (Å²) >= 11 is 0. The lowest BCUT2D eigenvalue weighted by Gasteiger charge is -2.27. The van der Waals surface area contributed by atoms with Crippen LogP contribution in [0.2, 0.25) is 0 Å². The predicted octanol–water partition coefficient (Wildman–Crippen LogP) is 2.09. The Morgan fingerprint density at radius 2 is 1.95 bits per heavy atom. The van der Waals surface area contributed by atoms with Gasteiger partial charge in [0.25, 0.3) is 0 Å². The van der Waals surface area contributed by atoms with Crippen LogP contribution < -0.4 is 5.43 Å². The number of nitrogens with one attached hydrogen (secondary N) is 1. The zero-order valence-corrected chi connectivity index (χ0v) is 13.1. The lowest BCUT2D eigenvalue weighted by Crippen LogP contribution is -2.51. The fourth-order valence-corrected chi connectivity index (χ4v) is 1.75. The van der Waals surface area contributed by atoms with E-state index in [1.54, 1.807) is 34.7 Å². The first-order valence-electron chi connectivity index (χ1n) is 7.12. The molecule has 1 aliphatic rings. The molecule has 0 spiro atoms. The highest BCUT2D eigenvalue weighted by molar-refractivity contribution is 5.76. The van der Waals surface area contributed by atoms with Crippen molar-refractivity contribution in [2.75, 3.05) is 13.7 Å². The predicted molar refractivity (Wildman–Crippen MR) is 74.9 cm³/mol. The molecular weight excluding hydrogens is 260 g/mol. The highest BCUT2D eigenvalue weighted by atomic mass is 16.6. The number of hydrazine groups is 1. The van der Waals surface area contributed by atoms with Crippen molar-refractivity contribution < 1.29 is 19.1 Å². The van der Waals surface area contributed by atoms with Gasteiger partial charge in [0, 0.05) is 7.05 Å². The van der Waals surface area contributed by atoms with Crippen LogP contribution in [0.1, 0.15) is 47.0 Å². The van der Waals surface area contributed by atoms with Gasteiger partial charge in [0.05, 0.1) is 6.61 Å². The van der Waals surface area contributed by atoms with Crippen molar-refractivity contribution in [3.05, 3.63) is 0 Å². The number of hydrogen-bond acceptors (Lipinski definition) is 5. The van der Waals surface area contributed by atoms with E-state index in [2.05, 4.69) is 5.43 Å². The quantitative estimate of drug-likeness (QED) is 0.598. The number of rotatable bonds is 6. The van der Waals surface area contributed by atoms with Crippen LogP contribution >= 0.6 is 0 Å². The van der Waals surface area contributed by atoms with Crippen LogP contribution in [-0.2, 0) is 14.3 Å². The molecule has 6 heteroatoms. The van der Waals surface area contributed by atoms with Gasteiger partial charge in [-0.1, -0.05) is 12.8 Å². The van der Waals surface area contributed by atoms with E-state index < -0.39 is 17.7 Å². The number of carbonyl (C=O) groups excluding carboxylic acids is 2. The number of amides is 1. The molecule has 0 heterocycles. The van der Waals surface area contributed by atoms with Crippen LogP contribution in [0.25, 0.3) is 0 Å². The maximum Gasteiger partial charge on any atom is 0.424 e. The second-order valence-corrected chi connectivity index (χ2v) is 6.15. The standard InChI is InChI=1S/C14H26N2O4/c1-6-19-12(17)11(9-10-7-8-10)15-16(5)13(18)20-14(2,3)4/h10-11,15H,6-9H2,1-5H3. The van der Waals surface area contributed by atoms with E-state index in [1.807, 2.05) is 0 Å². The Morgan fingerprint density at radius 3 is 2.40 bits per heavy atom. The fraction of sp³-hybridized carbons (Fsp3) is 0.857. The third-order valence-corrected chi connectivity index (χ3v) is 2.85. The molecule has 0 aromatic rings. The smallest absolute Gasteiger partial charge is 0.424 e. The second kappa shape index (κ2) is 6.92. The van der Waals surface area contributed by atoms with E-state index in [-0.39, 0.29) is 5.97 Å². The molecule has 6 nitrogen and oxygen atoms in total. The minimum atomic E-state index is -0.567. The molecule has 1 fully saturated rings. The molecule has 116 valence electrons. The van der Waals surface area contributed by atoms with Gasteiger partial charge in [-0.2, -0.15) is 0 Å². The molecule has 1 atom stereocenters. The zero-order chi connectivity index (χ0) is 15.3. The summed E-state index contributed by atoms with van der Waals surface area (Å²) in [4.78, 5) is 23.8. The van der Waals surface area contributed by atoms with E-state index in [0.717, 1.165) is 12.8 Å². The van der Waals surface area contributed by atoms with Gasteiger partial charge in [-0.05, 0) is 40.0 Å². The first-order valence-corrected chi connectivity index (χ1v) is 7.12. The summed E-state index contributed by atoms with van der Waals surface area (Å²) in [7, 11) is 1.55. The first kappa shape index (κ1) is 16.8. The molecule has 1 aliphatic carbocycles. The molecular formula is C14H26N2O4. The van der Waals surface area contributed by atoms with Gasteiger partial charge in [0.1, 0.15) is 11.6 Å². The van der Waals surface area contributed by atoms with Crippen molar-refractivity contribution in [2.24, 2.45) is 5.92 Å². The van der Waals surface area contributed by atoms with Gasteiger partial charge in [-0.3, -0.25) is 4.79 Å². The Balaban J connectivity index is 2.53. The number of ether oxygens (including phenoxy) is 2. The number of esters is 1. The van der Waals surface area contributed by atoms with Crippen molar-refractivity contribution in [1.82, 2.24) is 10.4 Å². The Hall–Kier alpha value is -1.30. The number of carbonyl (C=O) groups is 2. The molecule has 0 aromatic carbocycles. The molecule has 20 heavy (non-hydrogen) atoms. The van der Waals surface area contributed by atoms with E-state index in [1.165, 1.54) is 5.01 Å². The molecule has 0 saturated heterocycles. The largest absolute Gasteiger partial charge is 0.465 e. The van der Waals surface area contributed by atoms with E-state index in [9.17, 15) is 9.59 Å². The summed E-state index contributed by atoms with van der Waals surface area (Å²) in [5, 5.41) is 1.22. The minimum absolute atomic E-state index is 0.324. The van der Waals surface area contributed by atoms with Crippen LogP contribution in [0, 0.1) is 5.92 Å². The summed E-state index contributed by atoms with van der Waals surface area (Å²) < 4.78 is 10.3. The lowest BCUT2D eigenvalue weighted by atomic mass is 10.1. The van der Waals surface area contributed by atoms with Gasteiger partial charge in [0.15, 0.2) is 0 Å². The van der Waals surface area contributed by atoms with Gasteiger partial charge >= 0.3 is 12.1 Å². The second-order valence-electron chi connectivity index (χ2n) is 6.15. The maximum absolute atomic E-state index is 11.9. The number of hydrogen-bond donors (Lipinski definition) is 1. The van der Waals surface area contributed by atoms with Crippen LogP contribution in [0.3, 0.4) is 0 Å². The summed E-state index contributed by atoms with van der Waals surface area (Å²) in [6, 6.07) is -0.500. The SMILES string of the molecule is CCOC(=O)C(CC1CC1)NN(C)C(=O)OC(C)(C)C. The monoisotopic (exact) mass is 286 g/mol. The summed E-state index contributed by atoms with van der Waals surface area (Å²) in [5.74, 6) is 0.221. The summed E-state index contributed by atoms with van der Waals surface area (Å²) in [6.45, 7) is 7.49. The minimum Gasteiger partial charge on any atom is -0.465 e. The van der Waals surface area contributed by atoms with Gasteiger partial charge in [-0.25, -0.2) is 15.2 Å². The van der Waals surface area contributed by atoms with E-state index in [4.69, 9.17) is 9.47 Å². The Bertz CT molecular complexity index is 348. The molecule has 0 aliphatic heterocycles. The van der Waals surface area contributed by atoms with Gasteiger partial charge in [0.2, 0.25) is 0 Å². The maximum atomic E-state index is 11.9. The number of nitrogens with zero attached hydrogens (tertiary/aromatic N) is 1. The van der Waals surface area contributed by atoms with Crippen molar-refractivity contribution in [3.63, 3.8) is 0 Å². The van der Waals surface area contributed by atoms with Crippen molar-refractivity contribution in [2.45, 2.75) is 58.6 Å². The van der Waals surface area contributed by atoms with Crippen molar-refractivity contribution >= 4 is 12.1 Å². The molecule has 1 saturated carbocycles. The van der Waals surface area contributed by atoms with Crippen LogP contribution in [0.4, 0.5) is 4.79 Å². The molecule has 0 radical (unpaired) electrons. The van der Waals surface area contributed by atoms with Gasteiger partial charge < -0.3 is 9.47 Å². The molecule has 0 aromatic heterocycles. The normalized spacial score (nSPS) is 16.4. The topological polar surface area (TPSA) is 67.9 Å². The Morgan fingerprint density at radius 1 is 1.35 bits per heavy atom. The fourth-order valence-electron chi connectivity index (χ4n) is 1.75. The van der Waals surface area contributed by atoms with Crippen molar-refractivity contribution in [3.8, 4) is 0 Å². The van der Waals surface area contributed by atoms with Crippen molar-refractivity contribution in [1.29, 1.82) is 0 Å². The van der Waals surface area contributed by atoms with Crippen LogP contribution in [0.5, 0.6) is 0 Å². The molecule has 1 N–H and O–H groups in total. The third kappa shape index (κ3) is 6.23. The zero-order valence-electron chi connectivity index (χ0n) is 13.1.